The molecule has 0 aromatic heterocycles. The van der Waals surface area contributed by atoms with Crippen molar-refractivity contribution >= 4 is 10.8 Å². The number of rotatable bonds is 8. The van der Waals surface area contributed by atoms with Crippen molar-refractivity contribution < 1.29 is 0 Å². The van der Waals surface area contributed by atoms with E-state index in [0.717, 1.165) is 0 Å². The zero-order valence-electron chi connectivity index (χ0n) is 12.6. The molecule has 0 spiro atoms. The van der Waals surface area contributed by atoms with Gasteiger partial charge in [0.1, 0.15) is 0 Å². The molecule has 0 radical (unpaired) electrons. The zero-order valence-corrected chi connectivity index (χ0v) is 12.6. The predicted octanol–water partition coefficient (Wildman–Crippen LogP) is 6.30. The maximum Gasteiger partial charge on any atom is -0.0152 e. The third kappa shape index (κ3) is 4.52. The summed E-state index contributed by atoms with van der Waals surface area (Å²) in [5.74, 6) is 0. The molecule has 2 rings (SSSR count). The lowest BCUT2D eigenvalue weighted by Gasteiger charge is -2.06. The molecule has 20 heavy (non-hydrogen) atoms. The molecule has 0 aliphatic heterocycles. The average Bonchev–Trinajstić information content (AvgIpc) is 2.50. The van der Waals surface area contributed by atoms with Crippen molar-refractivity contribution in [3.63, 3.8) is 0 Å². The van der Waals surface area contributed by atoms with Gasteiger partial charge in [-0.3, -0.25) is 0 Å². The fourth-order valence-corrected chi connectivity index (χ4v) is 2.67. The second kappa shape index (κ2) is 8.58. The second-order valence-electron chi connectivity index (χ2n) is 5.50. The second-order valence-corrected chi connectivity index (χ2v) is 5.50. The van der Waals surface area contributed by atoms with Gasteiger partial charge >= 0.3 is 0 Å². The summed E-state index contributed by atoms with van der Waals surface area (Å²) in [7, 11) is 0. The number of hydrogen-bond acceptors (Lipinski definition) is 0. The fraction of sp³-hybridized carbons (Fsp3) is 0.400. The van der Waals surface area contributed by atoms with Crippen LogP contribution in [0, 0.1) is 0 Å². The highest BCUT2D eigenvalue weighted by molar-refractivity contribution is 5.85. The highest BCUT2D eigenvalue weighted by atomic mass is 14.0. The Hall–Kier alpha value is -1.56. The summed E-state index contributed by atoms with van der Waals surface area (Å²) < 4.78 is 0. The van der Waals surface area contributed by atoms with Gasteiger partial charge in [-0.25, -0.2) is 0 Å². The third-order valence-corrected chi connectivity index (χ3v) is 3.82. The van der Waals surface area contributed by atoms with Gasteiger partial charge in [-0.15, -0.1) is 0 Å². The van der Waals surface area contributed by atoms with E-state index in [1.807, 2.05) is 0 Å². The molecule has 0 aliphatic carbocycles. The van der Waals surface area contributed by atoms with E-state index in [1.165, 1.54) is 61.3 Å². The van der Waals surface area contributed by atoms with Crippen LogP contribution in [0.3, 0.4) is 0 Å². The van der Waals surface area contributed by atoms with Gasteiger partial charge in [0.15, 0.2) is 0 Å². The molecular weight excluding hydrogens is 240 g/mol. The Bertz CT molecular complexity index is 531. The molecular formula is C20H26. The molecule has 0 fully saturated rings. The van der Waals surface area contributed by atoms with Crippen LogP contribution in [0.15, 0.2) is 54.6 Å². The molecule has 0 unspecified atom stereocenters. The van der Waals surface area contributed by atoms with Gasteiger partial charge in [0, 0.05) is 0 Å². The van der Waals surface area contributed by atoms with Crippen LogP contribution in [-0.2, 0) is 6.42 Å². The molecule has 0 aliphatic rings. The van der Waals surface area contributed by atoms with Crippen LogP contribution < -0.4 is 0 Å². The largest absolute Gasteiger partial charge is 0.0885 e. The monoisotopic (exact) mass is 266 g/mol. The topological polar surface area (TPSA) is 0 Å². The first-order valence-electron chi connectivity index (χ1n) is 8.03. The number of unbranched alkanes of at least 4 members (excludes halogenated alkanes) is 4. The van der Waals surface area contributed by atoms with E-state index < -0.39 is 0 Å². The highest BCUT2D eigenvalue weighted by Crippen LogP contribution is 2.20. The molecule has 106 valence electrons. The van der Waals surface area contributed by atoms with Crippen LogP contribution >= 0.6 is 0 Å². The fourth-order valence-electron chi connectivity index (χ4n) is 2.67. The Morgan fingerprint density at radius 2 is 1.60 bits per heavy atom. The van der Waals surface area contributed by atoms with Crippen LogP contribution in [0.4, 0.5) is 0 Å². The Balaban J connectivity index is 1.76. The van der Waals surface area contributed by atoms with Gasteiger partial charge in [-0.2, -0.15) is 0 Å². The summed E-state index contributed by atoms with van der Waals surface area (Å²) >= 11 is 0. The molecule has 0 nitrogen and oxygen atoms in total. The summed E-state index contributed by atoms with van der Waals surface area (Å²) in [6.07, 6.45) is 13.6. The van der Waals surface area contributed by atoms with Crippen molar-refractivity contribution in [2.24, 2.45) is 0 Å². The SMILES string of the molecule is CCC/C=C/CCCCCc1cccc2ccccc12. The maximum atomic E-state index is 2.35. The first-order chi connectivity index (χ1) is 9.92. The van der Waals surface area contributed by atoms with Crippen molar-refractivity contribution in [3.05, 3.63) is 60.2 Å². The molecule has 0 saturated carbocycles. The van der Waals surface area contributed by atoms with Gasteiger partial charge in [-0.1, -0.05) is 74.4 Å². The van der Waals surface area contributed by atoms with Gasteiger partial charge in [0.05, 0.1) is 0 Å². The zero-order chi connectivity index (χ0) is 14.0. The van der Waals surface area contributed by atoms with E-state index in [2.05, 4.69) is 61.5 Å². The van der Waals surface area contributed by atoms with Crippen LogP contribution in [0.5, 0.6) is 0 Å². The Labute approximate surface area is 123 Å². The van der Waals surface area contributed by atoms with Crippen LogP contribution in [0.2, 0.25) is 0 Å². The molecule has 0 heterocycles. The van der Waals surface area contributed by atoms with Gasteiger partial charge in [0.2, 0.25) is 0 Å². The minimum Gasteiger partial charge on any atom is -0.0885 e. The van der Waals surface area contributed by atoms with Gasteiger partial charge < -0.3 is 0 Å². The molecule has 0 N–H and O–H groups in total. The number of allylic oxidation sites excluding steroid dienone is 2. The average molecular weight is 266 g/mol. The maximum absolute atomic E-state index is 2.35. The molecule has 0 heteroatoms. The first-order valence-corrected chi connectivity index (χ1v) is 8.03. The summed E-state index contributed by atoms with van der Waals surface area (Å²) in [4.78, 5) is 0. The molecule has 0 atom stereocenters. The Morgan fingerprint density at radius 3 is 2.50 bits per heavy atom. The molecule has 2 aromatic carbocycles. The third-order valence-electron chi connectivity index (χ3n) is 3.82. The minimum absolute atomic E-state index is 1.21. The van der Waals surface area contributed by atoms with Crippen molar-refractivity contribution in [2.75, 3.05) is 0 Å². The lowest BCUT2D eigenvalue weighted by atomic mass is 9.99. The van der Waals surface area contributed by atoms with Gasteiger partial charge in [0.25, 0.3) is 0 Å². The summed E-state index contributed by atoms with van der Waals surface area (Å²) in [5, 5.41) is 2.80. The van der Waals surface area contributed by atoms with E-state index in [-0.39, 0.29) is 0 Å². The number of fused-ring (bicyclic) bond motifs is 1. The molecule has 2 aromatic rings. The minimum atomic E-state index is 1.21. The van der Waals surface area contributed by atoms with E-state index >= 15 is 0 Å². The van der Waals surface area contributed by atoms with E-state index in [0.29, 0.717) is 0 Å². The smallest absolute Gasteiger partial charge is 0.0152 e. The summed E-state index contributed by atoms with van der Waals surface area (Å²) in [6, 6.07) is 15.4. The standard InChI is InChI=1S/C20H26/c1-2-3-4-5-6-7-8-9-13-18-15-12-16-19-14-10-11-17-20(18)19/h4-5,10-12,14-17H,2-3,6-9,13H2,1H3/b5-4+. The molecule has 0 bridgehead atoms. The van der Waals surface area contributed by atoms with Crippen molar-refractivity contribution in [3.8, 4) is 0 Å². The van der Waals surface area contributed by atoms with Crippen molar-refractivity contribution in [1.82, 2.24) is 0 Å². The quantitative estimate of drug-likeness (QED) is 0.388. The number of aryl methyl sites for hydroxylation is 1. The highest BCUT2D eigenvalue weighted by Gasteiger charge is 1.99. The normalized spacial score (nSPS) is 11.4. The predicted molar refractivity (Wildman–Crippen MR) is 90.2 cm³/mol. The summed E-state index contributed by atoms with van der Waals surface area (Å²) in [6.45, 7) is 2.23. The number of hydrogen-bond donors (Lipinski definition) is 0. The van der Waals surface area contributed by atoms with Crippen LogP contribution in [0.25, 0.3) is 10.8 Å². The Kier molecular flexibility index (Phi) is 6.37. The molecule has 0 saturated heterocycles. The van der Waals surface area contributed by atoms with Gasteiger partial charge in [-0.05, 0) is 48.4 Å². The summed E-state index contributed by atoms with van der Waals surface area (Å²) in [5.41, 5.74) is 1.50. The lowest BCUT2D eigenvalue weighted by molar-refractivity contribution is 0.687. The first kappa shape index (κ1) is 14.8. The van der Waals surface area contributed by atoms with Crippen LogP contribution in [0.1, 0.15) is 51.0 Å². The lowest BCUT2D eigenvalue weighted by Crippen LogP contribution is -1.88. The van der Waals surface area contributed by atoms with Crippen molar-refractivity contribution in [1.29, 1.82) is 0 Å². The van der Waals surface area contributed by atoms with E-state index in [9.17, 15) is 0 Å². The number of benzene rings is 2. The molecule has 0 amide bonds. The Morgan fingerprint density at radius 1 is 0.800 bits per heavy atom. The van der Waals surface area contributed by atoms with Crippen molar-refractivity contribution in [2.45, 2.75) is 51.9 Å². The van der Waals surface area contributed by atoms with E-state index in [1.54, 1.807) is 0 Å². The van der Waals surface area contributed by atoms with Crippen LogP contribution in [-0.4, -0.2) is 0 Å². The van der Waals surface area contributed by atoms with E-state index in [4.69, 9.17) is 0 Å².